The number of aromatic nitrogens is 3. The van der Waals surface area contributed by atoms with E-state index in [1.54, 1.807) is 18.2 Å². The lowest BCUT2D eigenvalue weighted by molar-refractivity contribution is 0.214. The lowest BCUT2D eigenvalue weighted by atomic mass is 10.0. The zero-order chi connectivity index (χ0) is 22.9. The Labute approximate surface area is 182 Å². The minimum absolute atomic E-state index is 0.0904. The van der Waals surface area contributed by atoms with Crippen LogP contribution in [0.5, 0.6) is 17.2 Å². The van der Waals surface area contributed by atoms with Gasteiger partial charge >= 0.3 is 0 Å². The molecule has 12 heteroatoms. The molecule has 4 rings (SSSR count). The number of ether oxygens (including phenoxy) is 3. The lowest BCUT2D eigenvalue weighted by Crippen LogP contribution is -2.15. The van der Waals surface area contributed by atoms with Crippen LogP contribution < -0.4 is 18.9 Å². The predicted octanol–water partition coefficient (Wildman–Crippen LogP) is 2.46. The number of rotatable bonds is 8. The summed E-state index contributed by atoms with van der Waals surface area (Å²) in [6, 6.07) is 9.34. The third-order valence-electron chi connectivity index (χ3n) is 4.80. The van der Waals surface area contributed by atoms with E-state index >= 15 is 0 Å². The van der Waals surface area contributed by atoms with Gasteiger partial charge in [0.2, 0.25) is 0 Å². The summed E-state index contributed by atoms with van der Waals surface area (Å²) < 4.78 is 49.9. The molecule has 2 aromatic carbocycles. The first-order valence-electron chi connectivity index (χ1n) is 9.28. The second-order valence-electron chi connectivity index (χ2n) is 6.64. The summed E-state index contributed by atoms with van der Waals surface area (Å²) in [5.74, 6) is 0.359. The highest BCUT2D eigenvalue weighted by atomic mass is 32.2. The molecule has 168 valence electrons. The molecule has 0 amide bonds. The number of fused-ring (bicyclic) bond motifs is 1. The number of nitrogens with zero attached hydrogens (tertiary/aromatic N) is 2. The number of hydrogen-bond donors (Lipinski definition) is 3. The number of H-pyrrole nitrogens is 1. The van der Waals surface area contributed by atoms with Gasteiger partial charge in [-0.05, 0) is 35.9 Å². The average molecular weight is 460 g/mol. The number of methoxy groups -OCH3 is 3. The smallest absolute Gasteiger partial charge is 0.270 e. The Hall–Kier alpha value is -3.77. The van der Waals surface area contributed by atoms with Crippen LogP contribution in [0.25, 0.3) is 11.0 Å². The summed E-state index contributed by atoms with van der Waals surface area (Å²) in [5.41, 5.74) is 1.12. The molecule has 1 unspecified atom stereocenters. The Morgan fingerprint density at radius 1 is 1.06 bits per heavy atom. The van der Waals surface area contributed by atoms with Crippen molar-refractivity contribution in [2.75, 3.05) is 26.1 Å². The van der Waals surface area contributed by atoms with Gasteiger partial charge in [-0.25, -0.2) is 8.42 Å². The van der Waals surface area contributed by atoms with Crippen LogP contribution >= 0.6 is 0 Å². The Kier molecular flexibility index (Phi) is 5.63. The second kappa shape index (κ2) is 8.40. The van der Waals surface area contributed by atoms with Crippen LogP contribution in [0.15, 0.2) is 52.0 Å². The summed E-state index contributed by atoms with van der Waals surface area (Å²) in [5, 5.41) is 21.3. The van der Waals surface area contributed by atoms with Crippen molar-refractivity contribution in [2.24, 2.45) is 0 Å². The fourth-order valence-corrected chi connectivity index (χ4v) is 4.63. The fourth-order valence-electron chi connectivity index (χ4n) is 3.30. The molecular formula is C20H20N4O7S. The number of aromatic amines is 1. The SMILES string of the molecule is COc1cccc(OC)c1S(=O)(=O)Nc1noc2cc(C(O)c3ccn[nH]3)cc(OC)c12. The van der Waals surface area contributed by atoms with E-state index in [1.807, 2.05) is 0 Å². The molecule has 0 fully saturated rings. The molecule has 1 atom stereocenters. The van der Waals surface area contributed by atoms with Crippen LogP contribution in [0, 0.1) is 0 Å². The van der Waals surface area contributed by atoms with E-state index in [4.69, 9.17) is 18.7 Å². The molecule has 4 aromatic rings. The third kappa shape index (κ3) is 3.69. The normalized spacial score (nSPS) is 12.5. The van der Waals surface area contributed by atoms with Gasteiger partial charge in [0.05, 0.1) is 27.0 Å². The molecule has 0 saturated carbocycles. The number of hydrogen-bond acceptors (Lipinski definition) is 9. The van der Waals surface area contributed by atoms with Crippen molar-refractivity contribution < 1.29 is 32.3 Å². The molecule has 0 aliphatic carbocycles. The quantitative estimate of drug-likeness (QED) is 0.360. The molecule has 2 heterocycles. The van der Waals surface area contributed by atoms with Gasteiger partial charge in [0, 0.05) is 6.20 Å². The van der Waals surface area contributed by atoms with E-state index in [0.717, 1.165) is 0 Å². The summed E-state index contributed by atoms with van der Waals surface area (Å²) in [7, 11) is -0.0635. The maximum atomic E-state index is 13.2. The summed E-state index contributed by atoms with van der Waals surface area (Å²) in [6.45, 7) is 0. The Balaban J connectivity index is 1.78. The van der Waals surface area contributed by atoms with E-state index < -0.39 is 16.1 Å². The first-order valence-corrected chi connectivity index (χ1v) is 10.8. The first kappa shape index (κ1) is 21.5. The third-order valence-corrected chi connectivity index (χ3v) is 6.20. The molecule has 11 nitrogen and oxygen atoms in total. The lowest BCUT2D eigenvalue weighted by Gasteiger charge is -2.14. The van der Waals surface area contributed by atoms with Crippen molar-refractivity contribution in [3.8, 4) is 17.2 Å². The van der Waals surface area contributed by atoms with E-state index in [2.05, 4.69) is 20.1 Å². The molecule has 0 aliphatic rings. The number of anilines is 1. The maximum Gasteiger partial charge on any atom is 0.270 e. The van der Waals surface area contributed by atoms with Crippen molar-refractivity contribution in [3.63, 3.8) is 0 Å². The summed E-state index contributed by atoms with van der Waals surface area (Å²) in [6.07, 6.45) is 0.487. The van der Waals surface area contributed by atoms with Crippen molar-refractivity contribution >= 4 is 26.8 Å². The standard InChI is InChI=1S/C20H20N4O7S/c1-28-13-5-4-6-14(29-2)19(13)32(26,27)24-20-17-15(30-3)9-11(10-16(17)31-23-20)18(25)12-7-8-21-22-12/h4-10,18,25H,1-3H3,(H,21,22)(H,23,24). The van der Waals surface area contributed by atoms with Gasteiger partial charge in [0.1, 0.15) is 28.7 Å². The monoisotopic (exact) mass is 460 g/mol. The number of nitrogens with one attached hydrogen (secondary N) is 2. The second-order valence-corrected chi connectivity index (χ2v) is 8.26. The molecule has 0 bridgehead atoms. The summed E-state index contributed by atoms with van der Waals surface area (Å²) in [4.78, 5) is -0.189. The van der Waals surface area contributed by atoms with Gasteiger partial charge in [-0.3, -0.25) is 9.82 Å². The van der Waals surface area contributed by atoms with Crippen molar-refractivity contribution in [3.05, 3.63) is 53.9 Å². The topological polar surface area (TPSA) is 149 Å². The van der Waals surface area contributed by atoms with E-state index in [0.29, 0.717) is 11.3 Å². The largest absolute Gasteiger partial charge is 0.496 e. The van der Waals surface area contributed by atoms with Crippen LogP contribution in [0.4, 0.5) is 5.82 Å². The van der Waals surface area contributed by atoms with E-state index in [-0.39, 0.29) is 38.9 Å². The van der Waals surface area contributed by atoms with Gasteiger partial charge < -0.3 is 23.8 Å². The minimum atomic E-state index is -4.19. The van der Waals surface area contributed by atoms with Gasteiger partial charge in [-0.2, -0.15) is 5.10 Å². The van der Waals surface area contributed by atoms with Crippen molar-refractivity contribution in [1.29, 1.82) is 0 Å². The molecule has 32 heavy (non-hydrogen) atoms. The molecule has 3 N–H and O–H groups in total. The highest BCUT2D eigenvalue weighted by Crippen LogP contribution is 2.39. The Bertz CT molecular complexity index is 1330. The summed E-state index contributed by atoms with van der Waals surface area (Å²) >= 11 is 0. The molecule has 0 spiro atoms. The van der Waals surface area contributed by atoms with Gasteiger partial charge in [-0.1, -0.05) is 11.2 Å². The molecule has 0 saturated heterocycles. The maximum absolute atomic E-state index is 13.2. The van der Waals surface area contributed by atoms with Gasteiger partial charge in [0.15, 0.2) is 16.3 Å². The molecular weight excluding hydrogens is 440 g/mol. The number of sulfonamides is 1. The Morgan fingerprint density at radius 2 is 1.75 bits per heavy atom. The van der Waals surface area contributed by atoms with E-state index in [9.17, 15) is 13.5 Å². The van der Waals surface area contributed by atoms with Crippen LogP contribution in [0.2, 0.25) is 0 Å². The van der Waals surface area contributed by atoms with E-state index in [1.165, 1.54) is 45.7 Å². The highest BCUT2D eigenvalue weighted by Gasteiger charge is 2.28. The average Bonchev–Trinajstić information content (AvgIpc) is 3.47. The molecule has 2 aromatic heterocycles. The highest BCUT2D eigenvalue weighted by molar-refractivity contribution is 7.93. The number of aliphatic hydroxyl groups excluding tert-OH is 1. The zero-order valence-corrected chi connectivity index (χ0v) is 18.1. The van der Waals surface area contributed by atoms with Gasteiger partial charge in [0.25, 0.3) is 10.0 Å². The molecule has 0 aliphatic heterocycles. The van der Waals surface area contributed by atoms with Crippen LogP contribution in [-0.4, -0.2) is 50.2 Å². The Morgan fingerprint density at radius 3 is 2.34 bits per heavy atom. The van der Waals surface area contributed by atoms with Crippen LogP contribution in [-0.2, 0) is 10.0 Å². The first-order chi connectivity index (χ1) is 15.4. The fraction of sp³-hybridized carbons (Fsp3) is 0.200. The minimum Gasteiger partial charge on any atom is -0.496 e. The number of benzene rings is 2. The predicted molar refractivity (Wildman–Crippen MR) is 114 cm³/mol. The van der Waals surface area contributed by atoms with Gasteiger partial charge in [-0.15, -0.1) is 0 Å². The van der Waals surface area contributed by atoms with Crippen molar-refractivity contribution in [2.45, 2.75) is 11.0 Å². The zero-order valence-electron chi connectivity index (χ0n) is 17.3. The van der Waals surface area contributed by atoms with Crippen molar-refractivity contribution in [1.82, 2.24) is 15.4 Å². The number of aliphatic hydroxyl groups is 1. The van der Waals surface area contributed by atoms with Crippen LogP contribution in [0.3, 0.4) is 0 Å². The van der Waals surface area contributed by atoms with Crippen LogP contribution in [0.1, 0.15) is 17.4 Å². The molecule has 0 radical (unpaired) electrons.